The molecular formula is C34H46FN5O5S. The average Bonchev–Trinajstić information content (AvgIpc) is 3.53. The zero-order chi connectivity index (χ0) is 33.2. The number of aliphatic imine (C=N–C) groups is 1. The first-order chi connectivity index (χ1) is 21.8. The average molecular weight is 656 g/mol. The highest BCUT2D eigenvalue weighted by Crippen LogP contribution is 2.36. The zero-order valence-electron chi connectivity index (χ0n) is 27.9. The third-order valence-electron chi connectivity index (χ3n) is 8.58. The number of morpholine rings is 1. The van der Waals surface area contributed by atoms with Crippen molar-refractivity contribution in [2.24, 2.45) is 10.4 Å². The van der Waals surface area contributed by atoms with Gasteiger partial charge in [-0.15, -0.1) is 11.3 Å². The van der Waals surface area contributed by atoms with Crippen molar-refractivity contribution in [3.63, 3.8) is 0 Å². The largest absolute Gasteiger partial charge is 0.463 e. The van der Waals surface area contributed by atoms with Crippen molar-refractivity contribution in [1.29, 1.82) is 0 Å². The quantitative estimate of drug-likeness (QED) is 0.387. The van der Waals surface area contributed by atoms with Crippen molar-refractivity contribution in [1.82, 2.24) is 20.1 Å². The van der Waals surface area contributed by atoms with Crippen LogP contribution >= 0.6 is 11.3 Å². The van der Waals surface area contributed by atoms with Gasteiger partial charge in [-0.3, -0.25) is 14.7 Å². The molecule has 5 rings (SSSR count). The number of ether oxygens (including phenoxy) is 3. The Morgan fingerprint density at radius 1 is 1.20 bits per heavy atom. The van der Waals surface area contributed by atoms with Crippen LogP contribution in [0, 0.1) is 18.2 Å². The van der Waals surface area contributed by atoms with Gasteiger partial charge in [0, 0.05) is 56.0 Å². The molecule has 0 aliphatic carbocycles. The number of hydrogen-bond donors (Lipinski definition) is 1. The summed E-state index contributed by atoms with van der Waals surface area (Å²) in [7, 11) is 0. The smallest absolute Gasteiger partial charge is 0.338 e. The number of aromatic nitrogens is 1. The van der Waals surface area contributed by atoms with Crippen molar-refractivity contribution < 1.29 is 28.2 Å². The van der Waals surface area contributed by atoms with E-state index >= 15 is 0 Å². The van der Waals surface area contributed by atoms with Gasteiger partial charge in [0.1, 0.15) is 17.5 Å². The summed E-state index contributed by atoms with van der Waals surface area (Å²) in [4.78, 5) is 40.8. The van der Waals surface area contributed by atoms with Gasteiger partial charge in [-0.25, -0.2) is 14.2 Å². The molecule has 1 N–H and O–H groups in total. The number of carbonyl (C=O) groups is 2. The molecule has 3 atom stereocenters. The number of nitrogens with zero attached hydrogens (tertiary/aromatic N) is 4. The second-order valence-electron chi connectivity index (χ2n) is 13.8. The maximum absolute atomic E-state index is 14.9. The molecule has 0 amide bonds. The summed E-state index contributed by atoms with van der Waals surface area (Å²) >= 11 is 1.44. The van der Waals surface area contributed by atoms with Gasteiger partial charge < -0.3 is 24.4 Å². The fourth-order valence-corrected chi connectivity index (χ4v) is 6.94. The highest BCUT2D eigenvalue weighted by atomic mass is 32.1. The van der Waals surface area contributed by atoms with E-state index in [0.717, 1.165) is 13.0 Å². The normalized spacial score (nSPS) is 23.0. The van der Waals surface area contributed by atoms with Crippen LogP contribution in [-0.2, 0) is 23.8 Å². The van der Waals surface area contributed by atoms with Crippen LogP contribution in [-0.4, -0.2) is 96.2 Å². The standard InChI is InChI=1S/C34H46FN5O5S/c1-8-43-31(41)27-24(37-29(30-36-13-17-46-30)38-28(27)22-10-9-11-23(35)21(22)2)18-40-15-16-44-26-12-14-39(19-25(26)40)20-34(6,7)32(42)45-33(3,4)5/h9-11,13,17,25-26,28H,8,12,14-16,18-20H2,1-7H3,(H,37,38)/t25-,26+,28?/m1/s1. The number of fused-ring (bicyclic) bond motifs is 1. The molecule has 0 radical (unpaired) electrons. The van der Waals surface area contributed by atoms with Crippen molar-refractivity contribution in [3.8, 4) is 0 Å². The van der Waals surface area contributed by atoms with E-state index < -0.39 is 23.0 Å². The Kier molecular flexibility index (Phi) is 10.3. The van der Waals surface area contributed by atoms with Gasteiger partial charge in [0.05, 0.1) is 30.3 Å². The first kappa shape index (κ1) is 34.2. The Morgan fingerprint density at radius 3 is 2.67 bits per heavy atom. The minimum Gasteiger partial charge on any atom is -0.463 e. The molecule has 1 unspecified atom stereocenters. The van der Waals surface area contributed by atoms with Gasteiger partial charge >= 0.3 is 11.9 Å². The molecule has 4 heterocycles. The highest BCUT2D eigenvalue weighted by molar-refractivity contribution is 7.11. The molecule has 250 valence electrons. The highest BCUT2D eigenvalue weighted by Gasteiger charge is 2.42. The van der Waals surface area contributed by atoms with E-state index in [2.05, 4.69) is 20.1 Å². The fraction of sp³-hybridized carbons (Fsp3) is 0.588. The summed E-state index contributed by atoms with van der Waals surface area (Å²) in [5.74, 6) is -0.544. The van der Waals surface area contributed by atoms with Gasteiger partial charge in [-0.1, -0.05) is 12.1 Å². The van der Waals surface area contributed by atoms with Crippen molar-refractivity contribution >= 4 is 29.1 Å². The Morgan fingerprint density at radius 2 is 1.98 bits per heavy atom. The first-order valence-electron chi connectivity index (χ1n) is 16.0. The molecule has 0 bridgehead atoms. The third-order valence-corrected chi connectivity index (χ3v) is 9.36. The number of amidine groups is 1. The Balaban J connectivity index is 1.47. The molecule has 0 saturated carbocycles. The number of esters is 2. The molecule has 3 aliphatic heterocycles. The molecular weight excluding hydrogens is 609 g/mol. The number of nitrogens with one attached hydrogen (secondary N) is 1. The number of rotatable bonds is 9. The van der Waals surface area contributed by atoms with E-state index in [0.29, 0.717) is 66.0 Å². The molecule has 2 saturated heterocycles. The Hall–Kier alpha value is -3.19. The number of piperidine rings is 1. The lowest BCUT2D eigenvalue weighted by Gasteiger charge is -2.48. The van der Waals surface area contributed by atoms with Gasteiger partial charge in [-0.05, 0) is 72.1 Å². The molecule has 2 aromatic rings. The van der Waals surface area contributed by atoms with Crippen LogP contribution < -0.4 is 5.32 Å². The maximum atomic E-state index is 14.9. The van der Waals surface area contributed by atoms with Gasteiger partial charge in [0.2, 0.25) is 0 Å². The predicted molar refractivity (Wildman–Crippen MR) is 175 cm³/mol. The number of thiazole rings is 1. The number of hydrogen-bond acceptors (Lipinski definition) is 11. The maximum Gasteiger partial charge on any atom is 0.338 e. The minimum atomic E-state index is -0.779. The summed E-state index contributed by atoms with van der Waals surface area (Å²) < 4.78 is 32.4. The van der Waals surface area contributed by atoms with E-state index in [4.69, 9.17) is 19.2 Å². The van der Waals surface area contributed by atoms with Crippen LogP contribution in [0.15, 0.2) is 46.0 Å². The van der Waals surface area contributed by atoms with Crippen LogP contribution in [0.25, 0.3) is 0 Å². The summed E-state index contributed by atoms with van der Waals surface area (Å²) in [5.41, 5.74) is 0.788. The summed E-state index contributed by atoms with van der Waals surface area (Å²) in [6.45, 7) is 16.8. The summed E-state index contributed by atoms with van der Waals surface area (Å²) in [6.07, 6.45) is 2.54. The second kappa shape index (κ2) is 13.9. The van der Waals surface area contributed by atoms with Crippen LogP contribution in [0.2, 0.25) is 0 Å². The minimum absolute atomic E-state index is 0.0123. The number of halogens is 1. The molecule has 10 nitrogen and oxygen atoms in total. The van der Waals surface area contributed by atoms with E-state index in [1.54, 1.807) is 26.1 Å². The topological polar surface area (TPSA) is 106 Å². The predicted octanol–water partition coefficient (Wildman–Crippen LogP) is 4.64. The summed E-state index contributed by atoms with van der Waals surface area (Å²) in [5, 5.41) is 5.98. The van der Waals surface area contributed by atoms with Crippen LogP contribution in [0.5, 0.6) is 0 Å². The second-order valence-corrected chi connectivity index (χ2v) is 14.7. The van der Waals surface area contributed by atoms with Crippen molar-refractivity contribution in [3.05, 3.63) is 63.0 Å². The molecule has 1 aromatic heterocycles. The lowest BCUT2D eigenvalue weighted by atomic mass is 9.89. The molecule has 46 heavy (non-hydrogen) atoms. The van der Waals surface area contributed by atoms with E-state index in [1.165, 1.54) is 17.4 Å². The third kappa shape index (κ3) is 7.67. The Labute approximate surface area is 275 Å². The van der Waals surface area contributed by atoms with E-state index in [-0.39, 0.29) is 30.5 Å². The van der Waals surface area contributed by atoms with Crippen molar-refractivity contribution in [2.75, 3.05) is 45.9 Å². The van der Waals surface area contributed by atoms with E-state index in [9.17, 15) is 14.0 Å². The zero-order valence-corrected chi connectivity index (χ0v) is 28.7. The molecule has 1 aromatic carbocycles. The lowest BCUT2D eigenvalue weighted by molar-refractivity contribution is -0.168. The van der Waals surface area contributed by atoms with Gasteiger partial charge in [0.15, 0.2) is 10.8 Å². The number of likely N-dealkylation sites (tertiary alicyclic amines) is 1. The van der Waals surface area contributed by atoms with Crippen molar-refractivity contribution in [2.45, 2.75) is 78.7 Å². The molecule has 12 heteroatoms. The Bertz CT molecular complexity index is 1490. The van der Waals surface area contributed by atoms with Crippen LogP contribution in [0.3, 0.4) is 0 Å². The molecule has 0 spiro atoms. The van der Waals surface area contributed by atoms with Gasteiger partial charge in [-0.2, -0.15) is 0 Å². The summed E-state index contributed by atoms with van der Waals surface area (Å²) in [6, 6.07) is 4.10. The van der Waals surface area contributed by atoms with Crippen LogP contribution in [0.4, 0.5) is 4.39 Å². The molecule has 2 fully saturated rings. The van der Waals surface area contributed by atoms with Crippen LogP contribution in [0.1, 0.15) is 70.1 Å². The monoisotopic (exact) mass is 655 g/mol. The fourth-order valence-electron chi connectivity index (χ4n) is 6.35. The number of carbonyl (C=O) groups excluding carboxylic acids is 2. The SMILES string of the molecule is CCOC(=O)C1=C(CN2CCO[C@H]3CCN(CC(C)(C)C(=O)OC(C)(C)C)C[C@H]32)NC(c2nccs2)=NC1c1cccc(F)c1C. The number of benzene rings is 1. The lowest BCUT2D eigenvalue weighted by Crippen LogP contribution is -2.61. The van der Waals surface area contributed by atoms with E-state index in [1.807, 2.05) is 46.1 Å². The van der Waals surface area contributed by atoms with Gasteiger partial charge in [0.25, 0.3) is 0 Å². The molecule has 3 aliphatic rings. The first-order valence-corrected chi connectivity index (χ1v) is 16.9.